The highest BCUT2D eigenvalue weighted by molar-refractivity contribution is 7.72. The summed E-state index contributed by atoms with van der Waals surface area (Å²) in [7, 11) is 0. The molecule has 0 bridgehead atoms. The van der Waals surface area contributed by atoms with E-state index in [9.17, 15) is 20.1 Å². The van der Waals surface area contributed by atoms with Crippen LogP contribution in [0.1, 0.15) is 18.5 Å². The summed E-state index contributed by atoms with van der Waals surface area (Å²) in [5, 5.41) is 31.1. The van der Waals surface area contributed by atoms with E-state index in [1.54, 1.807) is 6.92 Å². The number of rotatable bonds is 4. The minimum Gasteiger partial charge on any atom is -0.385 e. The van der Waals surface area contributed by atoms with E-state index in [0.717, 1.165) is 6.16 Å². The van der Waals surface area contributed by atoms with Gasteiger partial charge in [0, 0.05) is 0 Å². The van der Waals surface area contributed by atoms with Crippen LogP contribution in [0.2, 0.25) is 0 Å². The standard InChI is InChI=1S/C15H23N4O5P/c1-8-17-12-10(13(21)18-8)16-7-19(12)14-15(22,23)11(20)9(24-14)5-6-25(2,3)4/h7,9,11,14,20,22-23H,2,5-6H2,1,3-4H3,(H,17,18,21)/t9?,11-,14-/m1/s1. The molecule has 3 atom stereocenters. The number of ether oxygens (including phenoxy) is 1. The molecule has 0 saturated carbocycles. The first kappa shape index (κ1) is 18.3. The highest BCUT2D eigenvalue weighted by Crippen LogP contribution is 2.42. The Bertz CT molecular complexity index is 899. The zero-order valence-corrected chi connectivity index (χ0v) is 15.3. The second kappa shape index (κ2) is 6.03. The van der Waals surface area contributed by atoms with Crippen LogP contribution in [0.25, 0.3) is 11.2 Å². The summed E-state index contributed by atoms with van der Waals surface area (Å²) in [5.41, 5.74) is -0.203. The van der Waals surface area contributed by atoms with E-state index in [4.69, 9.17) is 4.74 Å². The number of nitrogens with zero attached hydrogens (tertiary/aromatic N) is 3. The lowest BCUT2D eigenvalue weighted by Crippen LogP contribution is -2.46. The molecule has 9 nitrogen and oxygen atoms in total. The Hall–Kier alpha value is -1.51. The molecule has 10 heteroatoms. The van der Waals surface area contributed by atoms with E-state index in [0.29, 0.717) is 12.2 Å². The van der Waals surface area contributed by atoms with Crippen LogP contribution in [0.15, 0.2) is 11.1 Å². The number of aryl methyl sites for hydroxylation is 1. The SMILES string of the molecule is C=P(C)(C)CCC1O[C@@H](n2cnc3c(=O)[nH]c(C)nc32)C(O)(O)[C@@H]1O. The van der Waals surface area contributed by atoms with Crippen LogP contribution in [0.5, 0.6) is 0 Å². The Kier molecular flexibility index (Phi) is 4.41. The van der Waals surface area contributed by atoms with Gasteiger partial charge in [0.25, 0.3) is 5.56 Å². The Morgan fingerprint density at radius 2 is 2.16 bits per heavy atom. The van der Waals surface area contributed by atoms with E-state index in [-0.39, 0.29) is 11.2 Å². The molecule has 2 aromatic heterocycles. The molecule has 1 aliphatic heterocycles. The van der Waals surface area contributed by atoms with Gasteiger partial charge in [0.2, 0.25) is 5.79 Å². The first-order chi connectivity index (χ1) is 11.5. The molecule has 0 spiro atoms. The first-order valence-corrected chi connectivity index (χ1v) is 10.9. The number of aliphatic hydroxyl groups is 3. The lowest BCUT2D eigenvalue weighted by molar-refractivity contribution is -0.247. The zero-order valence-electron chi connectivity index (χ0n) is 14.4. The summed E-state index contributed by atoms with van der Waals surface area (Å²) < 4.78 is 7.00. The Morgan fingerprint density at radius 3 is 2.80 bits per heavy atom. The number of fused-ring (bicyclic) bond motifs is 1. The maximum absolute atomic E-state index is 11.9. The average Bonchev–Trinajstić information content (AvgIpc) is 2.97. The van der Waals surface area contributed by atoms with Gasteiger partial charge in [-0.25, -0.2) is 9.97 Å². The molecule has 1 aliphatic rings. The number of nitrogens with one attached hydrogen (secondary N) is 1. The number of aromatic amines is 1. The fourth-order valence-electron chi connectivity index (χ4n) is 2.94. The van der Waals surface area contributed by atoms with E-state index < -0.39 is 36.7 Å². The predicted molar refractivity (Wildman–Crippen MR) is 95.3 cm³/mol. The number of aromatic nitrogens is 4. The van der Waals surface area contributed by atoms with Gasteiger partial charge in [0.1, 0.15) is 11.9 Å². The normalized spacial score (nSPS) is 26.4. The monoisotopic (exact) mass is 370 g/mol. The first-order valence-electron chi connectivity index (χ1n) is 7.90. The maximum atomic E-state index is 11.9. The van der Waals surface area contributed by atoms with Crippen LogP contribution in [-0.2, 0) is 4.74 Å². The van der Waals surface area contributed by atoms with E-state index in [1.165, 1.54) is 10.9 Å². The predicted octanol–water partition coefficient (Wildman–Crippen LogP) is -0.533. The molecule has 2 aromatic rings. The molecule has 4 N–H and O–H groups in total. The lowest BCUT2D eigenvalue weighted by Gasteiger charge is -2.25. The summed E-state index contributed by atoms with van der Waals surface area (Å²) in [4.78, 5) is 22.6. The molecule has 0 radical (unpaired) electrons. The minimum atomic E-state index is -2.53. The second-order valence-electron chi connectivity index (χ2n) is 7.18. The van der Waals surface area contributed by atoms with Gasteiger partial charge in [0.05, 0.1) is 12.4 Å². The van der Waals surface area contributed by atoms with Crippen LogP contribution in [0, 0.1) is 6.92 Å². The summed E-state index contributed by atoms with van der Waals surface area (Å²) in [6, 6.07) is 0. The van der Waals surface area contributed by atoms with E-state index >= 15 is 0 Å². The smallest absolute Gasteiger partial charge is 0.279 e. The lowest BCUT2D eigenvalue weighted by atomic mass is 10.1. The van der Waals surface area contributed by atoms with Crippen molar-refractivity contribution in [2.45, 2.75) is 37.6 Å². The van der Waals surface area contributed by atoms with Crippen LogP contribution in [0.4, 0.5) is 0 Å². The van der Waals surface area contributed by atoms with Crippen molar-refractivity contribution < 1.29 is 20.1 Å². The molecule has 138 valence electrons. The maximum Gasteiger partial charge on any atom is 0.279 e. The van der Waals surface area contributed by atoms with E-state index in [2.05, 4.69) is 34.6 Å². The molecule has 3 rings (SSSR count). The molecule has 1 unspecified atom stereocenters. The number of aliphatic hydroxyl groups excluding tert-OH is 1. The van der Waals surface area contributed by atoms with Crippen molar-refractivity contribution in [2.75, 3.05) is 19.5 Å². The van der Waals surface area contributed by atoms with Gasteiger partial charge in [-0.2, -0.15) is 0 Å². The summed E-state index contributed by atoms with van der Waals surface area (Å²) in [6.45, 7) is 4.37. The van der Waals surface area contributed by atoms with Gasteiger partial charge in [-0.15, -0.1) is 13.2 Å². The highest BCUT2D eigenvalue weighted by atomic mass is 31.2. The van der Waals surface area contributed by atoms with Crippen LogP contribution in [0.3, 0.4) is 0 Å². The summed E-state index contributed by atoms with van der Waals surface area (Å²) in [6.07, 6.45) is 2.97. The van der Waals surface area contributed by atoms with Gasteiger partial charge in [0.15, 0.2) is 17.4 Å². The molecule has 3 heterocycles. The second-order valence-corrected chi connectivity index (χ2v) is 11.5. The third-order valence-corrected chi connectivity index (χ3v) is 5.75. The van der Waals surface area contributed by atoms with Crippen LogP contribution in [-0.4, -0.2) is 78.6 Å². The van der Waals surface area contributed by atoms with Crippen molar-refractivity contribution in [1.29, 1.82) is 0 Å². The third-order valence-electron chi connectivity index (χ3n) is 4.28. The molecule has 1 fully saturated rings. The number of H-pyrrole nitrogens is 1. The summed E-state index contributed by atoms with van der Waals surface area (Å²) >= 11 is 0. The minimum absolute atomic E-state index is 0.0627. The molecular formula is C15H23N4O5P. The van der Waals surface area contributed by atoms with Crippen molar-refractivity contribution in [3.8, 4) is 0 Å². The quantitative estimate of drug-likeness (QED) is 0.420. The van der Waals surface area contributed by atoms with Crippen molar-refractivity contribution in [3.05, 3.63) is 22.5 Å². The number of imidazole rings is 1. The topological polar surface area (TPSA) is 133 Å². The van der Waals surface area contributed by atoms with Crippen LogP contribution >= 0.6 is 6.89 Å². The van der Waals surface area contributed by atoms with Crippen molar-refractivity contribution >= 4 is 24.3 Å². The average molecular weight is 370 g/mol. The molecule has 0 aromatic carbocycles. The van der Waals surface area contributed by atoms with Gasteiger partial charge in [-0.05, 0) is 32.8 Å². The number of hydrogen-bond acceptors (Lipinski definition) is 7. The molecule has 1 saturated heterocycles. The van der Waals surface area contributed by atoms with Crippen molar-refractivity contribution in [1.82, 2.24) is 19.5 Å². The zero-order chi connectivity index (χ0) is 18.6. The fraction of sp³-hybridized carbons (Fsp3) is 0.600. The largest absolute Gasteiger partial charge is 0.385 e. The Balaban J connectivity index is 1.97. The Labute approximate surface area is 144 Å². The summed E-state index contributed by atoms with van der Waals surface area (Å²) in [5.74, 6) is -2.17. The van der Waals surface area contributed by atoms with Crippen molar-refractivity contribution in [2.24, 2.45) is 0 Å². The van der Waals surface area contributed by atoms with Gasteiger partial charge >= 0.3 is 0 Å². The highest BCUT2D eigenvalue weighted by Gasteiger charge is 2.55. The number of hydrogen-bond donors (Lipinski definition) is 4. The third kappa shape index (κ3) is 3.30. The fourth-order valence-corrected chi connectivity index (χ4v) is 3.89. The Morgan fingerprint density at radius 1 is 1.48 bits per heavy atom. The van der Waals surface area contributed by atoms with Gasteiger partial charge < -0.3 is 25.0 Å². The molecular weight excluding hydrogens is 347 g/mol. The molecule has 0 aliphatic carbocycles. The van der Waals surface area contributed by atoms with Crippen LogP contribution < -0.4 is 5.56 Å². The van der Waals surface area contributed by atoms with E-state index in [1.807, 2.05) is 0 Å². The molecule has 25 heavy (non-hydrogen) atoms. The van der Waals surface area contributed by atoms with Crippen molar-refractivity contribution in [3.63, 3.8) is 0 Å². The van der Waals surface area contributed by atoms with Gasteiger partial charge in [-0.1, -0.05) is 0 Å². The molecule has 0 amide bonds. The van der Waals surface area contributed by atoms with Gasteiger partial charge in [-0.3, -0.25) is 9.36 Å².